The van der Waals surface area contributed by atoms with E-state index in [-0.39, 0.29) is 22.9 Å². The number of nitrogens with two attached hydrogens (primary N) is 1. The first-order valence-electron chi connectivity index (χ1n) is 8.49. The van der Waals surface area contributed by atoms with Crippen LogP contribution in [0.15, 0.2) is 34.0 Å². The minimum absolute atomic E-state index is 0.0376. The maximum atomic E-state index is 12.8. The Labute approximate surface area is 167 Å². The van der Waals surface area contributed by atoms with Crippen LogP contribution in [-0.4, -0.2) is 51.5 Å². The van der Waals surface area contributed by atoms with Crippen molar-refractivity contribution in [1.29, 1.82) is 0 Å². The predicted molar refractivity (Wildman–Crippen MR) is 96.6 cm³/mol. The molecule has 1 aromatic carbocycles. The molecule has 0 aliphatic carbocycles. The van der Waals surface area contributed by atoms with Crippen molar-refractivity contribution in [3.05, 3.63) is 46.8 Å². The highest BCUT2D eigenvalue weighted by molar-refractivity contribution is 5.94. The first-order valence-corrected chi connectivity index (χ1v) is 8.49. The Morgan fingerprint density at radius 3 is 2.77 bits per heavy atom. The van der Waals surface area contributed by atoms with Crippen molar-refractivity contribution in [2.24, 2.45) is 5.10 Å². The number of anilines is 1. The van der Waals surface area contributed by atoms with Crippen LogP contribution in [-0.2, 0) is 12.7 Å². The van der Waals surface area contributed by atoms with Gasteiger partial charge in [-0.2, -0.15) is 23.0 Å². The molecule has 0 aliphatic heterocycles. The van der Waals surface area contributed by atoms with Crippen molar-refractivity contribution in [2.75, 3.05) is 19.8 Å². The van der Waals surface area contributed by atoms with Crippen molar-refractivity contribution in [2.45, 2.75) is 12.7 Å². The van der Waals surface area contributed by atoms with Gasteiger partial charge in [0.1, 0.15) is 12.2 Å². The number of nitrogen functional groups attached to an aromatic ring is 1. The number of amides is 1. The van der Waals surface area contributed by atoms with E-state index in [1.54, 1.807) is 0 Å². The molecule has 2 heterocycles. The lowest BCUT2D eigenvalue weighted by atomic mass is 10.1. The van der Waals surface area contributed by atoms with Gasteiger partial charge >= 0.3 is 6.18 Å². The van der Waals surface area contributed by atoms with Gasteiger partial charge in [0.15, 0.2) is 5.69 Å². The summed E-state index contributed by atoms with van der Waals surface area (Å²) < 4.78 is 44.1. The standard InChI is InChI=1S/C16H16F3N9O2/c1-27(2)8-11-12(22-26-28(11)14-13(20)24-30-25-14)15(29)23-21-7-9-4-3-5-10(6-9)16(17,18)19/h3-7H,8H2,1-2H3,(H2,20,24)(H,23,29)/p+1/b21-7-. The third-order valence-corrected chi connectivity index (χ3v) is 3.79. The molecule has 30 heavy (non-hydrogen) atoms. The number of hydrazone groups is 1. The average molecular weight is 424 g/mol. The largest absolute Gasteiger partial charge is 0.416 e. The number of carbonyl (C=O) groups excluding carboxylic acids is 1. The lowest BCUT2D eigenvalue weighted by Crippen LogP contribution is -3.04. The molecule has 158 valence electrons. The molecule has 0 saturated heterocycles. The smallest absolute Gasteiger partial charge is 0.378 e. The summed E-state index contributed by atoms with van der Waals surface area (Å²) in [6.07, 6.45) is -3.39. The van der Waals surface area contributed by atoms with Crippen molar-refractivity contribution in [3.63, 3.8) is 0 Å². The molecule has 11 nitrogen and oxygen atoms in total. The summed E-state index contributed by atoms with van der Waals surface area (Å²) in [7, 11) is 3.68. The molecule has 0 aliphatic rings. The van der Waals surface area contributed by atoms with Gasteiger partial charge in [-0.15, -0.1) is 5.10 Å². The predicted octanol–water partition coefficient (Wildman–Crippen LogP) is -0.340. The van der Waals surface area contributed by atoms with Crippen molar-refractivity contribution in [3.8, 4) is 5.82 Å². The van der Waals surface area contributed by atoms with Crippen LogP contribution in [0.4, 0.5) is 19.0 Å². The molecule has 0 saturated carbocycles. The van der Waals surface area contributed by atoms with Crippen LogP contribution in [0.5, 0.6) is 0 Å². The Balaban J connectivity index is 1.81. The molecule has 0 bridgehead atoms. The lowest BCUT2D eigenvalue weighted by molar-refractivity contribution is -0.873. The maximum absolute atomic E-state index is 12.8. The van der Waals surface area contributed by atoms with Gasteiger partial charge in [-0.25, -0.2) is 10.1 Å². The van der Waals surface area contributed by atoms with E-state index in [0.29, 0.717) is 12.2 Å². The number of nitrogens with one attached hydrogen (secondary N) is 2. The Kier molecular flexibility index (Phi) is 5.77. The quantitative estimate of drug-likeness (QED) is 0.363. The first-order chi connectivity index (χ1) is 14.2. The molecule has 14 heteroatoms. The second-order valence-electron chi connectivity index (χ2n) is 6.48. The van der Waals surface area contributed by atoms with Gasteiger partial charge in [0.2, 0.25) is 11.6 Å². The highest BCUT2D eigenvalue weighted by Gasteiger charge is 2.30. The summed E-state index contributed by atoms with van der Waals surface area (Å²) in [6.45, 7) is 0.319. The molecule has 4 N–H and O–H groups in total. The number of nitrogens with zero attached hydrogens (tertiary/aromatic N) is 6. The van der Waals surface area contributed by atoms with Crippen LogP contribution < -0.4 is 16.1 Å². The Hall–Kier alpha value is -3.81. The van der Waals surface area contributed by atoms with Crippen LogP contribution in [0.1, 0.15) is 27.3 Å². The summed E-state index contributed by atoms with van der Waals surface area (Å²) in [5.41, 5.74) is 7.55. The normalized spacial score (nSPS) is 12.1. The Bertz CT molecular complexity index is 1070. The van der Waals surface area contributed by atoms with E-state index in [4.69, 9.17) is 5.73 Å². The molecular weight excluding hydrogens is 407 g/mol. The number of aromatic nitrogens is 5. The molecule has 0 radical (unpaired) electrons. The Morgan fingerprint density at radius 1 is 1.37 bits per heavy atom. The minimum atomic E-state index is -4.48. The first kappa shape index (κ1) is 20.9. The topological polar surface area (TPSA) is 142 Å². The number of benzene rings is 1. The van der Waals surface area contributed by atoms with Gasteiger partial charge in [0.25, 0.3) is 5.91 Å². The molecule has 0 unspecified atom stereocenters. The van der Waals surface area contributed by atoms with Crippen LogP contribution in [0.3, 0.4) is 0 Å². The monoisotopic (exact) mass is 424 g/mol. The fourth-order valence-electron chi connectivity index (χ4n) is 2.49. The van der Waals surface area contributed by atoms with Gasteiger partial charge in [0.05, 0.1) is 25.9 Å². The second kappa shape index (κ2) is 8.28. The molecule has 3 aromatic rings. The highest BCUT2D eigenvalue weighted by atomic mass is 19.4. The summed E-state index contributed by atoms with van der Waals surface area (Å²) in [4.78, 5) is 13.5. The van der Waals surface area contributed by atoms with E-state index >= 15 is 0 Å². The van der Waals surface area contributed by atoms with Crippen molar-refractivity contribution >= 4 is 17.9 Å². The van der Waals surface area contributed by atoms with Gasteiger partial charge in [-0.3, -0.25) is 4.79 Å². The fourth-order valence-corrected chi connectivity index (χ4v) is 2.49. The van der Waals surface area contributed by atoms with E-state index < -0.39 is 17.6 Å². The molecule has 0 spiro atoms. The number of hydrogen-bond acceptors (Lipinski definition) is 8. The number of hydrogen-bond donors (Lipinski definition) is 3. The van der Waals surface area contributed by atoms with Crippen molar-refractivity contribution in [1.82, 2.24) is 30.7 Å². The van der Waals surface area contributed by atoms with Crippen molar-refractivity contribution < 1.29 is 27.5 Å². The highest BCUT2D eigenvalue weighted by Crippen LogP contribution is 2.29. The van der Waals surface area contributed by atoms with E-state index in [2.05, 4.69) is 35.8 Å². The van der Waals surface area contributed by atoms with E-state index in [0.717, 1.165) is 23.2 Å². The molecule has 0 fully saturated rings. The number of alkyl halides is 3. The van der Waals surface area contributed by atoms with Crippen LogP contribution >= 0.6 is 0 Å². The zero-order valence-electron chi connectivity index (χ0n) is 15.8. The van der Waals surface area contributed by atoms with Crippen LogP contribution in [0.2, 0.25) is 0 Å². The molecule has 0 atom stereocenters. The maximum Gasteiger partial charge on any atom is 0.416 e. The SMILES string of the molecule is C[NH+](C)Cc1c(C(=O)N/N=C\c2cccc(C(F)(F)F)c2)nnn1-c1nonc1N. The molecular formula is C16H17F3N9O2+. The number of carbonyl (C=O) groups is 1. The third kappa shape index (κ3) is 4.60. The van der Waals surface area contributed by atoms with Gasteiger partial charge in [0, 0.05) is 0 Å². The average Bonchev–Trinajstić information content (AvgIpc) is 3.26. The molecule has 2 aromatic heterocycles. The third-order valence-electron chi connectivity index (χ3n) is 3.79. The van der Waals surface area contributed by atoms with Gasteiger partial charge < -0.3 is 10.6 Å². The summed E-state index contributed by atoms with van der Waals surface area (Å²) in [6, 6.07) is 4.51. The fraction of sp³-hybridized carbons (Fsp3) is 0.250. The summed E-state index contributed by atoms with van der Waals surface area (Å²) in [5.74, 6) is -0.676. The zero-order valence-corrected chi connectivity index (χ0v) is 15.8. The number of quaternary nitrogens is 1. The number of rotatable bonds is 6. The Morgan fingerprint density at radius 2 is 2.13 bits per heavy atom. The van der Waals surface area contributed by atoms with E-state index in [1.807, 2.05) is 14.1 Å². The lowest BCUT2D eigenvalue weighted by Gasteiger charge is -2.09. The minimum Gasteiger partial charge on any atom is -0.378 e. The van der Waals surface area contributed by atoms with Gasteiger partial charge in [-0.05, 0) is 28.0 Å². The van der Waals surface area contributed by atoms with Crippen LogP contribution in [0, 0.1) is 0 Å². The zero-order chi connectivity index (χ0) is 21.9. The summed E-state index contributed by atoms with van der Waals surface area (Å²) in [5, 5.41) is 18.5. The molecule has 1 amide bonds. The number of halogens is 3. The van der Waals surface area contributed by atoms with E-state index in [9.17, 15) is 18.0 Å². The second-order valence-corrected chi connectivity index (χ2v) is 6.48. The van der Waals surface area contributed by atoms with Gasteiger partial charge in [-0.1, -0.05) is 17.3 Å². The van der Waals surface area contributed by atoms with E-state index in [1.165, 1.54) is 16.8 Å². The molecule has 3 rings (SSSR count). The summed E-state index contributed by atoms with van der Waals surface area (Å²) >= 11 is 0. The van der Waals surface area contributed by atoms with Crippen LogP contribution in [0.25, 0.3) is 5.82 Å².